The average Bonchev–Trinajstić information content (AvgIpc) is 2.90. The summed E-state index contributed by atoms with van der Waals surface area (Å²) in [5.41, 5.74) is 1.53. The summed E-state index contributed by atoms with van der Waals surface area (Å²) in [7, 11) is -4.15. The lowest BCUT2D eigenvalue weighted by molar-refractivity contribution is -0.139. The van der Waals surface area contributed by atoms with Crippen LogP contribution in [0.4, 0.5) is 5.69 Å². The van der Waals surface area contributed by atoms with Crippen LogP contribution in [0.2, 0.25) is 10.0 Å². The Labute approximate surface area is 240 Å². The van der Waals surface area contributed by atoms with Gasteiger partial charge in [-0.1, -0.05) is 73.4 Å². The van der Waals surface area contributed by atoms with Gasteiger partial charge in [0, 0.05) is 23.1 Å². The lowest BCUT2D eigenvalue weighted by Gasteiger charge is -2.32. The quantitative estimate of drug-likeness (QED) is 0.311. The molecule has 0 saturated heterocycles. The monoisotopic (exact) mass is 589 g/mol. The molecule has 0 aliphatic heterocycles. The van der Waals surface area contributed by atoms with E-state index in [1.165, 1.54) is 17.0 Å². The number of carbonyl (C=O) groups excluding carboxylic acids is 2. The maximum atomic E-state index is 14.0. The van der Waals surface area contributed by atoms with Gasteiger partial charge in [0.2, 0.25) is 11.8 Å². The molecule has 3 aromatic carbocycles. The summed E-state index contributed by atoms with van der Waals surface area (Å²) in [4.78, 5) is 28.4. The summed E-state index contributed by atoms with van der Waals surface area (Å²) in [6.45, 7) is 7.21. The molecule has 0 spiro atoms. The number of nitrogens with one attached hydrogen (secondary N) is 1. The van der Waals surface area contributed by atoms with E-state index in [1.807, 2.05) is 13.8 Å². The number of halogens is 2. The zero-order chi connectivity index (χ0) is 28.7. The SMILES string of the molecule is Cc1cc(Cl)ccc1N(CC(=O)N(Cc1ccccc1Cl)[C@@H](C)C(=O)NCC(C)C)S(=O)(=O)c1ccccc1. The van der Waals surface area contributed by atoms with E-state index >= 15 is 0 Å². The van der Waals surface area contributed by atoms with Crippen molar-refractivity contribution >= 4 is 50.7 Å². The molecule has 0 aliphatic rings. The third-order valence-corrected chi connectivity index (χ3v) is 8.57. The van der Waals surface area contributed by atoms with Gasteiger partial charge in [0.1, 0.15) is 12.6 Å². The molecule has 0 aliphatic carbocycles. The molecule has 0 saturated carbocycles. The van der Waals surface area contributed by atoms with Gasteiger partial charge < -0.3 is 10.2 Å². The van der Waals surface area contributed by atoms with Crippen LogP contribution in [-0.4, -0.2) is 44.3 Å². The van der Waals surface area contributed by atoms with E-state index in [2.05, 4.69) is 5.32 Å². The molecule has 10 heteroatoms. The number of nitrogens with zero attached hydrogens (tertiary/aromatic N) is 2. The van der Waals surface area contributed by atoms with Crippen molar-refractivity contribution in [2.75, 3.05) is 17.4 Å². The Bertz CT molecular complexity index is 1420. The fraction of sp³-hybridized carbons (Fsp3) is 0.310. The summed E-state index contributed by atoms with van der Waals surface area (Å²) in [6.07, 6.45) is 0. The Morgan fingerprint density at radius 3 is 2.18 bits per heavy atom. The topological polar surface area (TPSA) is 86.8 Å². The molecule has 0 aromatic heterocycles. The van der Waals surface area contributed by atoms with Crippen molar-refractivity contribution in [2.24, 2.45) is 5.92 Å². The largest absolute Gasteiger partial charge is 0.354 e. The van der Waals surface area contributed by atoms with E-state index in [-0.39, 0.29) is 23.3 Å². The second kappa shape index (κ2) is 13.3. The van der Waals surface area contributed by atoms with Crippen molar-refractivity contribution in [3.05, 3.63) is 94.0 Å². The van der Waals surface area contributed by atoms with Gasteiger partial charge in [-0.15, -0.1) is 0 Å². The van der Waals surface area contributed by atoms with Crippen LogP contribution in [0.1, 0.15) is 31.9 Å². The minimum Gasteiger partial charge on any atom is -0.354 e. The number of carbonyl (C=O) groups is 2. The van der Waals surface area contributed by atoms with Crippen LogP contribution in [0, 0.1) is 12.8 Å². The number of rotatable bonds is 11. The standard InChI is InChI=1S/C29H33Cl2N3O4S/c1-20(2)17-32-29(36)22(4)33(18-23-10-8-9-13-26(23)31)28(35)19-34(27-15-14-24(30)16-21(27)3)39(37,38)25-11-6-5-7-12-25/h5-16,20,22H,17-19H2,1-4H3,(H,32,36)/t22-/m0/s1. The number of amides is 2. The van der Waals surface area contributed by atoms with Crippen LogP contribution < -0.4 is 9.62 Å². The molecule has 39 heavy (non-hydrogen) atoms. The first kappa shape index (κ1) is 30.5. The minimum absolute atomic E-state index is 0.0214. The van der Waals surface area contributed by atoms with Crippen molar-refractivity contribution in [3.63, 3.8) is 0 Å². The number of aryl methyl sites for hydroxylation is 1. The lowest BCUT2D eigenvalue weighted by Crippen LogP contribution is -2.51. The second-order valence-electron chi connectivity index (χ2n) is 9.68. The van der Waals surface area contributed by atoms with Crippen molar-refractivity contribution in [2.45, 2.75) is 45.2 Å². The summed E-state index contributed by atoms with van der Waals surface area (Å²) >= 11 is 12.5. The zero-order valence-electron chi connectivity index (χ0n) is 22.4. The smallest absolute Gasteiger partial charge is 0.264 e. The van der Waals surface area contributed by atoms with Gasteiger partial charge in [0.05, 0.1) is 10.6 Å². The van der Waals surface area contributed by atoms with Gasteiger partial charge in [-0.05, 0) is 67.3 Å². The maximum absolute atomic E-state index is 14.0. The Morgan fingerprint density at radius 2 is 1.56 bits per heavy atom. The molecule has 3 aromatic rings. The fourth-order valence-electron chi connectivity index (χ4n) is 3.98. The lowest BCUT2D eigenvalue weighted by atomic mass is 10.1. The molecule has 0 unspecified atom stereocenters. The van der Waals surface area contributed by atoms with Gasteiger partial charge in [0.15, 0.2) is 0 Å². The van der Waals surface area contributed by atoms with Crippen molar-refractivity contribution in [1.82, 2.24) is 10.2 Å². The number of hydrogen-bond acceptors (Lipinski definition) is 4. The highest BCUT2D eigenvalue weighted by Crippen LogP contribution is 2.29. The third kappa shape index (κ3) is 7.75. The van der Waals surface area contributed by atoms with Crippen LogP contribution in [0.25, 0.3) is 0 Å². The van der Waals surface area contributed by atoms with Crippen LogP contribution in [0.5, 0.6) is 0 Å². The van der Waals surface area contributed by atoms with Crippen LogP contribution in [0.3, 0.4) is 0 Å². The Balaban J connectivity index is 2.04. The number of sulfonamides is 1. The maximum Gasteiger partial charge on any atom is 0.264 e. The molecule has 3 rings (SSSR count). The predicted octanol–water partition coefficient (Wildman–Crippen LogP) is 5.69. The van der Waals surface area contributed by atoms with Crippen LogP contribution >= 0.6 is 23.2 Å². The minimum atomic E-state index is -4.15. The molecule has 0 bridgehead atoms. The van der Waals surface area contributed by atoms with E-state index in [0.717, 1.165) is 4.31 Å². The van der Waals surface area contributed by atoms with Gasteiger partial charge in [-0.3, -0.25) is 13.9 Å². The molecule has 2 amide bonds. The number of anilines is 1. The Kier molecular flexibility index (Phi) is 10.4. The molecule has 208 valence electrons. The fourth-order valence-corrected chi connectivity index (χ4v) is 5.90. The molecule has 0 fully saturated rings. The highest BCUT2D eigenvalue weighted by Gasteiger charge is 2.33. The van der Waals surface area contributed by atoms with Gasteiger partial charge in [-0.25, -0.2) is 8.42 Å². The molecule has 0 heterocycles. The first-order valence-corrected chi connectivity index (χ1v) is 14.8. The van der Waals surface area contributed by atoms with Gasteiger partial charge in [-0.2, -0.15) is 0 Å². The highest BCUT2D eigenvalue weighted by atomic mass is 35.5. The zero-order valence-corrected chi connectivity index (χ0v) is 24.7. The molecule has 7 nitrogen and oxygen atoms in total. The highest BCUT2D eigenvalue weighted by molar-refractivity contribution is 7.92. The van der Waals surface area contributed by atoms with E-state index in [0.29, 0.717) is 33.4 Å². The molecule has 0 radical (unpaired) electrons. The van der Waals surface area contributed by atoms with Gasteiger partial charge >= 0.3 is 0 Å². The first-order chi connectivity index (χ1) is 18.4. The van der Waals surface area contributed by atoms with E-state index < -0.39 is 28.5 Å². The molecular formula is C29H33Cl2N3O4S. The number of benzene rings is 3. The summed E-state index contributed by atoms with van der Waals surface area (Å²) in [6, 6.07) is 18.8. The van der Waals surface area contributed by atoms with Crippen molar-refractivity contribution < 1.29 is 18.0 Å². The van der Waals surface area contributed by atoms with Gasteiger partial charge in [0.25, 0.3) is 10.0 Å². The second-order valence-corrected chi connectivity index (χ2v) is 12.4. The van der Waals surface area contributed by atoms with E-state index in [1.54, 1.807) is 74.5 Å². The summed E-state index contributed by atoms with van der Waals surface area (Å²) in [5.74, 6) is -0.687. The van der Waals surface area contributed by atoms with E-state index in [9.17, 15) is 18.0 Å². The normalized spacial score (nSPS) is 12.2. The van der Waals surface area contributed by atoms with E-state index in [4.69, 9.17) is 23.2 Å². The van der Waals surface area contributed by atoms with Crippen LogP contribution in [-0.2, 0) is 26.2 Å². The van der Waals surface area contributed by atoms with Crippen molar-refractivity contribution in [3.8, 4) is 0 Å². The summed E-state index contributed by atoms with van der Waals surface area (Å²) in [5, 5.41) is 3.74. The Hall–Kier alpha value is -3.07. The molecule has 1 atom stereocenters. The molecule has 1 N–H and O–H groups in total. The van der Waals surface area contributed by atoms with Crippen molar-refractivity contribution in [1.29, 1.82) is 0 Å². The number of hydrogen-bond donors (Lipinski definition) is 1. The Morgan fingerprint density at radius 1 is 0.923 bits per heavy atom. The molecular weight excluding hydrogens is 557 g/mol. The van der Waals surface area contributed by atoms with Crippen LogP contribution in [0.15, 0.2) is 77.7 Å². The predicted molar refractivity (Wildman–Crippen MR) is 156 cm³/mol. The average molecular weight is 591 g/mol. The third-order valence-electron chi connectivity index (χ3n) is 6.19. The first-order valence-electron chi connectivity index (χ1n) is 12.6. The summed E-state index contributed by atoms with van der Waals surface area (Å²) < 4.78 is 28.8.